The van der Waals surface area contributed by atoms with Gasteiger partial charge in [0.25, 0.3) is 0 Å². The van der Waals surface area contributed by atoms with E-state index in [0.29, 0.717) is 5.92 Å². The van der Waals surface area contributed by atoms with E-state index >= 15 is 0 Å². The van der Waals surface area contributed by atoms with Crippen molar-refractivity contribution in [1.82, 2.24) is 0 Å². The molecule has 1 aliphatic carbocycles. The van der Waals surface area contributed by atoms with Crippen LogP contribution in [-0.2, 0) is 9.53 Å². The highest BCUT2D eigenvalue weighted by Crippen LogP contribution is 2.29. The van der Waals surface area contributed by atoms with Crippen molar-refractivity contribution >= 4 is 17.6 Å². The molecule has 3 heteroatoms. The predicted octanol–water partition coefficient (Wildman–Crippen LogP) is 3.52. The maximum atomic E-state index is 11.6. The lowest BCUT2D eigenvalue weighted by atomic mass is 9.86. The molecule has 15 heavy (non-hydrogen) atoms. The molecule has 0 spiro atoms. The Kier molecular flexibility index (Phi) is 4.45. The molecule has 0 saturated heterocycles. The second-order valence-electron chi connectivity index (χ2n) is 4.98. The van der Waals surface area contributed by atoms with Crippen molar-refractivity contribution in [1.29, 1.82) is 0 Å². The Bertz CT molecular complexity index is 214. The number of ether oxygens (including phenoxy) is 1. The van der Waals surface area contributed by atoms with Gasteiger partial charge in [-0.15, -0.1) is 11.6 Å². The van der Waals surface area contributed by atoms with E-state index in [-0.39, 0.29) is 12.1 Å². The molecule has 1 rings (SSSR count). The number of carbonyl (C=O) groups is 1. The third kappa shape index (κ3) is 4.02. The average molecular weight is 233 g/mol. The van der Waals surface area contributed by atoms with Crippen LogP contribution in [0.15, 0.2) is 0 Å². The molecular weight excluding hydrogens is 212 g/mol. The molecular formula is C12H21ClO2. The quantitative estimate of drug-likeness (QED) is 0.550. The second kappa shape index (κ2) is 5.20. The molecule has 88 valence electrons. The zero-order chi connectivity index (χ0) is 11.5. The van der Waals surface area contributed by atoms with Crippen LogP contribution in [0.1, 0.15) is 52.9 Å². The van der Waals surface area contributed by atoms with Gasteiger partial charge < -0.3 is 4.74 Å². The number of halogens is 1. The van der Waals surface area contributed by atoms with E-state index in [0.717, 1.165) is 0 Å². The Morgan fingerprint density at radius 2 is 1.87 bits per heavy atom. The number of hydrogen-bond donors (Lipinski definition) is 0. The van der Waals surface area contributed by atoms with E-state index in [1.807, 2.05) is 6.92 Å². The molecule has 0 heterocycles. The first-order valence-electron chi connectivity index (χ1n) is 5.81. The Balaban J connectivity index is 2.40. The molecule has 0 N–H and O–H groups in total. The summed E-state index contributed by atoms with van der Waals surface area (Å²) in [4.78, 5) is 10.7. The van der Waals surface area contributed by atoms with E-state index in [2.05, 4.69) is 0 Å². The summed E-state index contributed by atoms with van der Waals surface area (Å²) < 4.78 is 5.38. The number of alkyl halides is 1. The van der Waals surface area contributed by atoms with Gasteiger partial charge in [0.2, 0.25) is 0 Å². The van der Waals surface area contributed by atoms with E-state index in [1.165, 1.54) is 32.1 Å². The molecule has 0 aliphatic heterocycles. The molecule has 1 fully saturated rings. The molecule has 0 aromatic carbocycles. The van der Waals surface area contributed by atoms with Gasteiger partial charge in [0.15, 0.2) is 0 Å². The van der Waals surface area contributed by atoms with Crippen molar-refractivity contribution < 1.29 is 9.53 Å². The van der Waals surface area contributed by atoms with Gasteiger partial charge in [-0.1, -0.05) is 19.3 Å². The van der Waals surface area contributed by atoms with Crippen molar-refractivity contribution in [2.24, 2.45) is 5.92 Å². The Labute approximate surface area is 97.3 Å². The molecule has 0 bridgehead atoms. The minimum absolute atomic E-state index is 0.0100. The van der Waals surface area contributed by atoms with Crippen LogP contribution in [0.25, 0.3) is 0 Å². The Morgan fingerprint density at radius 1 is 1.33 bits per heavy atom. The molecule has 0 unspecified atom stereocenters. The smallest absolute Gasteiger partial charge is 0.326 e. The highest BCUT2D eigenvalue weighted by atomic mass is 35.5. The molecule has 1 saturated carbocycles. The molecule has 1 atom stereocenters. The van der Waals surface area contributed by atoms with Crippen LogP contribution in [-0.4, -0.2) is 16.9 Å². The van der Waals surface area contributed by atoms with Gasteiger partial charge in [-0.2, -0.15) is 0 Å². The zero-order valence-electron chi connectivity index (χ0n) is 9.88. The fraction of sp³-hybridized carbons (Fsp3) is 0.917. The van der Waals surface area contributed by atoms with Crippen LogP contribution < -0.4 is 0 Å². The third-order valence-electron chi connectivity index (χ3n) is 3.09. The van der Waals surface area contributed by atoms with Gasteiger partial charge in [0.1, 0.15) is 11.0 Å². The molecule has 0 aromatic heterocycles. The average Bonchev–Trinajstić information content (AvgIpc) is 2.17. The van der Waals surface area contributed by atoms with Crippen LogP contribution in [0.4, 0.5) is 0 Å². The first-order valence-corrected chi connectivity index (χ1v) is 6.19. The highest BCUT2D eigenvalue weighted by molar-refractivity contribution is 6.33. The van der Waals surface area contributed by atoms with Crippen molar-refractivity contribution in [3.8, 4) is 0 Å². The summed E-state index contributed by atoms with van der Waals surface area (Å²) in [6.07, 6.45) is 6.20. The van der Waals surface area contributed by atoms with Gasteiger partial charge in [-0.05, 0) is 39.5 Å². The summed E-state index contributed by atoms with van der Waals surface area (Å²) >= 11 is 5.89. The molecule has 0 radical (unpaired) electrons. The van der Waals surface area contributed by atoms with Gasteiger partial charge in [0.05, 0.1) is 0 Å². The molecule has 2 nitrogen and oxygen atoms in total. The number of hydrogen-bond acceptors (Lipinski definition) is 2. The summed E-state index contributed by atoms with van der Waals surface area (Å²) in [5.74, 6) is 0.226. The first-order chi connectivity index (χ1) is 6.91. The summed E-state index contributed by atoms with van der Waals surface area (Å²) in [7, 11) is 0. The van der Waals surface area contributed by atoms with E-state index < -0.39 is 4.87 Å². The topological polar surface area (TPSA) is 26.3 Å². The van der Waals surface area contributed by atoms with Gasteiger partial charge in [-0.3, -0.25) is 4.79 Å². The van der Waals surface area contributed by atoms with Gasteiger partial charge in [-0.25, -0.2) is 0 Å². The lowest BCUT2D eigenvalue weighted by Gasteiger charge is -2.29. The SMILES string of the molecule is C[C@H](OC(=O)C(C)(C)Cl)C1CCCCC1. The lowest BCUT2D eigenvalue weighted by molar-refractivity contribution is -0.153. The number of rotatable bonds is 3. The summed E-state index contributed by atoms with van der Waals surface area (Å²) in [6.45, 7) is 5.32. The fourth-order valence-corrected chi connectivity index (χ4v) is 2.05. The number of carbonyl (C=O) groups excluding carboxylic acids is 1. The molecule has 1 aliphatic rings. The second-order valence-corrected chi connectivity index (χ2v) is 5.93. The van der Waals surface area contributed by atoms with Crippen molar-refractivity contribution in [3.63, 3.8) is 0 Å². The summed E-state index contributed by atoms with van der Waals surface area (Å²) in [5.41, 5.74) is 0. The minimum atomic E-state index is -0.900. The first kappa shape index (κ1) is 12.8. The van der Waals surface area contributed by atoms with Crippen LogP contribution in [0, 0.1) is 5.92 Å². The van der Waals surface area contributed by atoms with Gasteiger partial charge in [0, 0.05) is 0 Å². The Hall–Kier alpha value is -0.240. The Morgan fingerprint density at radius 3 is 2.33 bits per heavy atom. The summed E-state index contributed by atoms with van der Waals surface area (Å²) in [5, 5.41) is 0. The van der Waals surface area contributed by atoms with Crippen molar-refractivity contribution in [3.05, 3.63) is 0 Å². The number of esters is 1. The lowest BCUT2D eigenvalue weighted by Crippen LogP contribution is -2.34. The standard InChI is InChI=1S/C12H21ClO2/c1-9(10-7-5-4-6-8-10)15-11(14)12(2,3)13/h9-10H,4-8H2,1-3H3/t9-/m0/s1. The van der Waals surface area contributed by atoms with Crippen LogP contribution in [0.5, 0.6) is 0 Å². The third-order valence-corrected chi connectivity index (χ3v) is 3.25. The molecule has 0 amide bonds. The predicted molar refractivity (Wildman–Crippen MR) is 62.1 cm³/mol. The van der Waals surface area contributed by atoms with Crippen molar-refractivity contribution in [2.45, 2.75) is 63.9 Å². The zero-order valence-corrected chi connectivity index (χ0v) is 10.6. The maximum absolute atomic E-state index is 11.6. The normalized spacial score (nSPS) is 21.1. The van der Waals surface area contributed by atoms with Crippen LogP contribution in [0.3, 0.4) is 0 Å². The molecule has 0 aromatic rings. The monoisotopic (exact) mass is 232 g/mol. The highest BCUT2D eigenvalue weighted by Gasteiger charge is 2.30. The fourth-order valence-electron chi connectivity index (χ4n) is 2.01. The maximum Gasteiger partial charge on any atom is 0.326 e. The largest absolute Gasteiger partial charge is 0.461 e. The van der Waals surface area contributed by atoms with E-state index in [1.54, 1.807) is 13.8 Å². The minimum Gasteiger partial charge on any atom is -0.461 e. The van der Waals surface area contributed by atoms with Crippen LogP contribution >= 0.6 is 11.6 Å². The van der Waals surface area contributed by atoms with Crippen LogP contribution in [0.2, 0.25) is 0 Å². The van der Waals surface area contributed by atoms with Gasteiger partial charge >= 0.3 is 5.97 Å². The van der Waals surface area contributed by atoms with E-state index in [4.69, 9.17) is 16.3 Å². The summed E-state index contributed by atoms with van der Waals surface area (Å²) in [6, 6.07) is 0. The van der Waals surface area contributed by atoms with E-state index in [9.17, 15) is 4.79 Å². The van der Waals surface area contributed by atoms with Crippen molar-refractivity contribution in [2.75, 3.05) is 0 Å².